The van der Waals surface area contributed by atoms with Crippen molar-refractivity contribution in [3.05, 3.63) is 18.2 Å². The molecule has 2 heterocycles. The lowest BCUT2D eigenvalue weighted by Crippen LogP contribution is -2.48. The summed E-state index contributed by atoms with van der Waals surface area (Å²) in [6.07, 6.45) is 1.20. The van der Waals surface area contributed by atoms with Gasteiger partial charge in [0.1, 0.15) is 12.4 Å². The second kappa shape index (κ2) is 8.37. The van der Waals surface area contributed by atoms with Crippen LogP contribution in [0.5, 0.6) is 17.2 Å². The summed E-state index contributed by atoms with van der Waals surface area (Å²) in [6.45, 7) is 5.91. The van der Waals surface area contributed by atoms with Crippen LogP contribution in [0.15, 0.2) is 23.2 Å². The molecule has 1 fully saturated rings. The Morgan fingerprint density at radius 2 is 2.29 bits per heavy atom. The highest BCUT2D eigenvalue weighted by molar-refractivity contribution is 8.00. The van der Waals surface area contributed by atoms with Gasteiger partial charge in [-0.3, -0.25) is 4.99 Å². The Morgan fingerprint density at radius 3 is 3.12 bits per heavy atom. The van der Waals surface area contributed by atoms with E-state index >= 15 is 0 Å². The molecule has 0 aliphatic carbocycles. The summed E-state index contributed by atoms with van der Waals surface area (Å²) in [4.78, 5) is 6.74. The van der Waals surface area contributed by atoms with E-state index in [2.05, 4.69) is 33.9 Å². The fraction of sp³-hybridized carbons (Fsp3) is 0.588. The first-order chi connectivity index (χ1) is 11.8. The molecule has 0 saturated carbocycles. The monoisotopic (exact) mass is 351 g/mol. The maximum atomic E-state index is 5.78. The highest BCUT2D eigenvalue weighted by atomic mass is 32.2. The van der Waals surface area contributed by atoms with Gasteiger partial charge in [-0.2, -0.15) is 11.8 Å². The van der Waals surface area contributed by atoms with Crippen LogP contribution in [0.25, 0.3) is 0 Å². The zero-order valence-corrected chi connectivity index (χ0v) is 15.1. The second-order valence-corrected chi connectivity index (χ2v) is 7.09. The molecular formula is C17H25N3O3S. The molecule has 7 heteroatoms. The van der Waals surface area contributed by atoms with Crippen LogP contribution in [-0.2, 0) is 0 Å². The molecule has 6 nitrogen and oxygen atoms in total. The van der Waals surface area contributed by atoms with E-state index in [-0.39, 0.29) is 6.79 Å². The minimum atomic E-state index is 0.281. The Bertz CT molecular complexity index is 582. The molecule has 0 radical (unpaired) electrons. The van der Waals surface area contributed by atoms with Crippen LogP contribution in [0.2, 0.25) is 0 Å². The van der Waals surface area contributed by atoms with Crippen LogP contribution in [-0.4, -0.2) is 61.9 Å². The van der Waals surface area contributed by atoms with Crippen molar-refractivity contribution in [2.45, 2.75) is 18.6 Å². The standard InChI is InChI=1S/C17H25N3O3S/c1-3-14-11-20(7-9-24-14)17(18-2)19-6-8-21-13-4-5-15-16(10-13)23-12-22-15/h4-5,10,14H,3,6-9,11-12H2,1-2H3,(H,18,19). The maximum Gasteiger partial charge on any atom is 0.231 e. The number of nitrogens with zero attached hydrogens (tertiary/aromatic N) is 2. The summed E-state index contributed by atoms with van der Waals surface area (Å²) in [6, 6.07) is 5.64. The molecule has 1 saturated heterocycles. The molecule has 3 rings (SSSR count). The van der Waals surface area contributed by atoms with Crippen molar-refractivity contribution in [1.82, 2.24) is 10.2 Å². The molecular weight excluding hydrogens is 326 g/mol. The first-order valence-corrected chi connectivity index (χ1v) is 9.44. The fourth-order valence-corrected chi connectivity index (χ4v) is 3.97. The summed E-state index contributed by atoms with van der Waals surface area (Å²) in [5.41, 5.74) is 0. The third-order valence-corrected chi connectivity index (χ3v) is 5.48. The predicted octanol–water partition coefficient (Wildman–Crippen LogP) is 2.20. The Morgan fingerprint density at radius 1 is 1.42 bits per heavy atom. The Kier molecular flexibility index (Phi) is 5.96. The van der Waals surface area contributed by atoms with Crippen LogP contribution in [0.4, 0.5) is 0 Å². The summed E-state index contributed by atoms with van der Waals surface area (Å²) in [7, 11) is 1.84. The predicted molar refractivity (Wildman–Crippen MR) is 97.5 cm³/mol. The molecule has 2 aliphatic rings. The lowest BCUT2D eigenvalue weighted by atomic mass is 10.3. The van der Waals surface area contributed by atoms with Crippen molar-refractivity contribution in [2.75, 3.05) is 45.8 Å². The normalized spacial score (nSPS) is 20.2. The van der Waals surface area contributed by atoms with Gasteiger partial charge in [-0.15, -0.1) is 0 Å². The molecule has 0 amide bonds. The number of rotatable bonds is 5. The lowest BCUT2D eigenvalue weighted by Gasteiger charge is -2.34. The summed E-state index contributed by atoms with van der Waals surface area (Å²) in [5.74, 6) is 4.42. The molecule has 24 heavy (non-hydrogen) atoms. The van der Waals surface area contributed by atoms with E-state index in [0.717, 1.165) is 42.1 Å². The first-order valence-electron chi connectivity index (χ1n) is 8.39. The average Bonchev–Trinajstić information content (AvgIpc) is 3.09. The number of guanidine groups is 1. The Labute approximate surface area is 147 Å². The van der Waals surface area contributed by atoms with Crippen molar-refractivity contribution in [2.24, 2.45) is 4.99 Å². The number of aliphatic imine (C=N–C) groups is 1. The third kappa shape index (κ3) is 4.20. The maximum absolute atomic E-state index is 5.78. The largest absolute Gasteiger partial charge is 0.492 e. The number of ether oxygens (including phenoxy) is 3. The molecule has 132 valence electrons. The van der Waals surface area contributed by atoms with Crippen LogP contribution in [0, 0.1) is 0 Å². The lowest BCUT2D eigenvalue weighted by molar-refractivity contribution is 0.173. The van der Waals surface area contributed by atoms with E-state index in [1.807, 2.05) is 25.2 Å². The Balaban J connectivity index is 1.43. The first kappa shape index (κ1) is 17.1. The molecule has 0 spiro atoms. The summed E-state index contributed by atoms with van der Waals surface area (Å²) in [5, 5.41) is 4.09. The Hall–Kier alpha value is -1.76. The van der Waals surface area contributed by atoms with Crippen molar-refractivity contribution in [3.63, 3.8) is 0 Å². The van der Waals surface area contributed by atoms with Gasteiger partial charge < -0.3 is 24.4 Å². The van der Waals surface area contributed by atoms with Gasteiger partial charge in [-0.05, 0) is 18.6 Å². The van der Waals surface area contributed by atoms with Crippen LogP contribution in [0.3, 0.4) is 0 Å². The highest BCUT2D eigenvalue weighted by Crippen LogP contribution is 2.34. The molecule has 2 aliphatic heterocycles. The van der Waals surface area contributed by atoms with Crippen LogP contribution >= 0.6 is 11.8 Å². The second-order valence-electron chi connectivity index (χ2n) is 5.68. The number of nitrogens with one attached hydrogen (secondary N) is 1. The molecule has 0 aromatic heterocycles. The van der Waals surface area contributed by atoms with Crippen molar-refractivity contribution in [1.29, 1.82) is 0 Å². The van der Waals surface area contributed by atoms with Gasteiger partial charge in [-0.1, -0.05) is 6.92 Å². The van der Waals surface area contributed by atoms with Gasteiger partial charge in [0.2, 0.25) is 6.79 Å². The highest BCUT2D eigenvalue weighted by Gasteiger charge is 2.21. The average molecular weight is 351 g/mol. The van der Waals surface area contributed by atoms with E-state index in [9.17, 15) is 0 Å². The number of hydrogen-bond acceptors (Lipinski definition) is 5. The molecule has 1 atom stereocenters. The van der Waals surface area contributed by atoms with Gasteiger partial charge in [-0.25, -0.2) is 0 Å². The van der Waals surface area contributed by atoms with Crippen molar-refractivity contribution in [3.8, 4) is 17.2 Å². The minimum absolute atomic E-state index is 0.281. The molecule has 0 bridgehead atoms. The van der Waals surface area contributed by atoms with Gasteiger partial charge in [0.15, 0.2) is 17.5 Å². The van der Waals surface area contributed by atoms with Crippen LogP contribution in [0.1, 0.15) is 13.3 Å². The molecule has 1 aromatic carbocycles. The minimum Gasteiger partial charge on any atom is -0.492 e. The van der Waals surface area contributed by atoms with E-state index in [1.54, 1.807) is 0 Å². The summed E-state index contributed by atoms with van der Waals surface area (Å²) >= 11 is 2.06. The number of benzene rings is 1. The van der Waals surface area contributed by atoms with Gasteiger partial charge in [0.05, 0.1) is 6.54 Å². The van der Waals surface area contributed by atoms with E-state index < -0.39 is 0 Å². The topological polar surface area (TPSA) is 55.3 Å². The zero-order chi connectivity index (χ0) is 16.8. The molecule has 1 aromatic rings. The number of hydrogen-bond donors (Lipinski definition) is 1. The quantitative estimate of drug-likeness (QED) is 0.499. The van der Waals surface area contributed by atoms with E-state index in [4.69, 9.17) is 14.2 Å². The molecule has 1 N–H and O–H groups in total. The van der Waals surface area contributed by atoms with Gasteiger partial charge >= 0.3 is 0 Å². The third-order valence-electron chi connectivity index (χ3n) is 4.10. The van der Waals surface area contributed by atoms with Gasteiger partial charge in [0, 0.05) is 37.2 Å². The van der Waals surface area contributed by atoms with E-state index in [1.165, 1.54) is 6.42 Å². The van der Waals surface area contributed by atoms with Gasteiger partial charge in [0.25, 0.3) is 0 Å². The number of fused-ring (bicyclic) bond motifs is 1. The fourth-order valence-electron chi connectivity index (χ4n) is 2.79. The zero-order valence-electron chi connectivity index (χ0n) is 14.3. The SMILES string of the molecule is CCC1CN(C(=NC)NCCOc2ccc3c(c2)OCO3)CCS1. The number of thioether (sulfide) groups is 1. The summed E-state index contributed by atoms with van der Waals surface area (Å²) < 4.78 is 16.4. The van der Waals surface area contributed by atoms with Crippen LogP contribution < -0.4 is 19.5 Å². The molecule has 1 unspecified atom stereocenters. The van der Waals surface area contributed by atoms with Crippen molar-refractivity contribution >= 4 is 17.7 Å². The smallest absolute Gasteiger partial charge is 0.231 e. The van der Waals surface area contributed by atoms with E-state index in [0.29, 0.717) is 18.4 Å². The van der Waals surface area contributed by atoms with Crippen molar-refractivity contribution < 1.29 is 14.2 Å².